The van der Waals surface area contributed by atoms with Crippen molar-refractivity contribution >= 4 is 28.9 Å². The van der Waals surface area contributed by atoms with Crippen LogP contribution in [0.25, 0.3) is 0 Å². The van der Waals surface area contributed by atoms with Crippen LogP contribution in [-0.2, 0) is 11.3 Å². The van der Waals surface area contributed by atoms with Gasteiger partial charge in [-0.15, -0.1) is 0 Å². The van der Waals surface area contributed by atoms with E-state index in [4.69, 9.17) is 0 Å². The van der Waals surface area contributed by atoms with Crippen LogP contribution in [0.5, 0.6) is 0 Å². The van der Waals surface area contributed by atoms with Gasteiger partial charge in [0.2, 0.25) is 5.91 Å². The molecule has 160 valence electrons. The van der Waals surface area contributed by atoms with Crippen LogP contribution in [0.3, 0.4) is 0 Å². The maximum absolute atomic E-state index is 13.7. The zero-order valence-corrected chi connectivity index (χ0v) is 16.6. The van der Waals surface area contributed by atoms with E-state index in [1.165, 1.54) is 53.5 Å². The molecule has 3 aromatic rings. The van der Waals surface area contributed by atoms with Crippen molar-refractivity contribution in [3.05, 3.63) is 72.1 Å². The van der Waals surface area contributed by atoms with Crippen molar-refractivity contribution in [1.29, 1.82) is 0 Å². The Morgan fingerprint density at radius 1 is 0.968 bits per heavy atom. The van der Waals surface area contributed by atoms with E-state index in [0.29, 0.717) is 16.9 Å². The first-order valence-electron chi connectivity index (χ1n) is 9.92. The molecule has 0 aliphatic carbocycles. The number of carbonyl (C=O) groups excluding carboxylic acids is 2. The van der Waals surface area contributed by atoms with E-state index in [-0.39, 0.29) is 12.5 Å². The third kappa shape index (κ3) is 5.06. The van der Waals surface area contributed by atoms with Crippen molar-refractivity contribution in [2.75, 3.05) is 28.6 Å². The molecule has 1 aliphatic heterocycles. The molecule has 1 fully saturated rings. The van der Waals surface area contributed by atoms with Gasteiger partial charge in [-0.3, -0.25) is 14.3 Å². The van der Waals surface area contributed by atoms with Gasteiger partial charge in [0.15, 0.2) is 0 Å². The Bertz CT molecular complexity index is 1090. The molecule has 7 nitrogen and oxygen atoms in total. The minimum Gasteiger partial charge on any atom is -0.370 e. The first-order chi connectivity index (χ1) is 15.0. The molecule has 31 heavy (non-hydrogen) atoms. The smallest absolute Gasteiger partial charge is 0.255 e. The summed E-state index contributed by atoms with van der Waals surface area (Å²) in [5.41, 5.74) is 1.90. The topological polar surface area (TPSA) is 79.3 Å². The molecule has 1 aromatic heterocycles. The molecule has 0 radical (unpaired) electrons. The molecular formula is C22H21F2N5O2. The molecule has 0 atom stereocenters. The summed E-state index contributed by atoms with van der Waals surface area (Å²) in [5, 5.41) is 9.47. The van der Waals surface area contributed by atoms with Gasteiger partial charge in [-0.2, -0.15) is 5.10 Å². The molecule has 9 heteroatoms. The Morgan fingerprint density at radius 2 is 1.68 bits per heavy atom. The van der Waals surface area contributed by atoms with Gasteiger partial charge >= 0.3 is 0 Å². The summed E-state index contributed by atoms with van der Waals surface area (Å²) in [6.45, 7) is 1.62. The van der Waals surface area contributed by atoms with Crippen molar-refractivity contribution in [2.45, 2.75) is 19.4 Å². The van der Waals surface area contributed by atoms with Crippen molar-refractivity contribution in [3.8, 4) is 0 Å². The summed E-state index contributed by atoms with van der Waals surface area (Å²) < 4.78 is 28.1. The largest absolute Gasteiger partial charge is 0.370 e. The van der Waals surface area contributed by atoms with E-state index >= 15 is 0 Å². The van der Waals surface area contributed by atoms with Gasteiger partial charge in [0.25, 0.3) is 5.91 Å². The van der Waals surface area contributed by atoms with Crippen molar-refractivity contribution in [2.24, 2.45) is 0 Å². The van der Waals surface area contributed by atoms with E-state index in [9.17, 15) is 18.4 Å². The summed E-state index contributed by atoms with van der Waals surface area (Å²) in [6, 6.07) is 9.51. The Kier molecular flexibility index (Phi) is 5.92. The second kappa shape index (κ2) is 8.95. The van der Waals surface area contributed by atoms with E-state index in [2.05, 4.69) is 20.6 Å². The monoisotopic (exact) mass is 425 g/mol. The average molecular weight is 425 g/mol. The fourth-order valence-corrected chi connectivity index (χ4v) is 3.50. The Labute approximate surface area is 177 Å². The third-order valence-corrected chi connectivity index (χ3v) is 4.98. The summed E-state index contributed by atoms with van der Waals surface area (Å²) in [6.07, 6.45) is 5.04. The van der Waals surface area contributed by atoms with Crippen LogP contribution in [0, 0.1) is 11.6 Å². The van der Waals surface area contributed by atoms with Crippen LogP contribution in [0.15, 0.2) is 54.9 Å². The predicted molar refractivity (Wildman–Crippen MR) is 113 cm³/mol. The average Bonchev–Trinajstić information content (AvgIpc) is 3.41. The Balaban J connectivity index is 1.39. The van der Waals surface area contributed by atoms with Crippen LogP contribution in [-0.4, -0.2) is 34.7 Å². The number of amides is 2. The first-order valence-corrected chi connectivity index (χ1v) is 9.92. The zero-order chi connectivity index (χ0) is 21.8. The quantitative estimate of drug-likeness (QED) is 0.632. The number of carbonyl (C=O) groups is 2. The van der Waals surface area contributed by atoms with Gasteiger partial charge in [-0.05, 0) is 55.3 Å². The van der Waals surface area contributed by atoms with Gasteiger partial charge in [-0.25, -0.2) is 8.78 Å². The van der Waals surface area contributed by atoms with Crippen LogP contribution in [0.2, 0.25) is 0 Å². The molecule has 0 saturated carbocycles. The maximum Gasteiger partial charge on any atom is 0.255 e. The normalized spacial score (nSPS) is 13.3. The molecule has 2 heterocycles. The van der Waals surface area contributed by atoms with Crippen molar-refractivity contribution in [3.63, 3.8) is 0 Å². The van der Waals surface area contributed by atoms with Crippen LogP contribution < -0.4 is 15.5 Å². The number of halogens is 2. The minimum atomic E-state index is -0.429. The molecule has 2 aromatic carbocycles. The second-order valence-electron chi connectivity index (χ2n) is 7.29. The molecule has 2 amide bonds. The summed E-state index contributed by atoms with van der Waals surface area (Å²) in [7, 11) is 0. The lowest BCUT2D eigenvalue weighted by atomic mass is 10.2. The van der Waals surface area contributed by atoms with E-state index in [1.54, 1.807) is 6.07 Å². The molecule has 2 N–H and O–H groups in total. The summed E-state index contributed by atoms with van der Waals surface area (Å²) in [5.74, 6) is -1.64. The highest BCUT2D eigenvalue weighted by Crippen LogP contribution is 2.29. The highest BCUT2D eigenvalue weighted by atomic mass is 19.1. The number of hydrogen-bond acceptors (Lipinski definition) is 4. The van der Waals surface area contributed by atoms with Crippen molar-refractivity contribution < 1.29 is 18.4 Å². The summed E-state index contributed by atoms with van der Waals surface area (Å²) >= 11 is 0. The lowest BCUT2D eigenvalue weighted by Crippen LogP contribution is -2.23. The predicted octanol–water partition coefficient (Wildman–Crippen LogP) is 3.65. The van der Waals surface area contributed by atoms with Crippen LogP contribution in [0.4, 0.5) is 25.8 Å². The highest BCUT2D eigenvalue weighted by Gasteiger charge is 2.18. The lowest BCUT2D eigenvalue weighted by molar-refractivity contribution is -0.116. The van der Waals surface area contributed by atoms with Gasteiger partial charge < -0.3 is 15.5 Å². The van der Waals surface area contributed by atoms with Crippen LogP contribution >= 0.6 is 0 Å². The number of anilines is 3. The van der Waals surface area contributed by atoms with Gasteiger partial charge in [0.1, 0.15) is 18.2 Å². The number of aromatic nitrogens is 2. The van der Waals surface area contributed by atoms with Gasteiger partial charge in [0.05, 0.1) is 23.3 Å². The van der Waals surface area contributed by atoms with Gasteiger partial charge in [0, 0.05) is 24.8 Å². The lowest BCUT2D eigenvalue weighted by Gasteiger charge is -2.21. The third-order valence-electron chi connectivity index (χ3n) is 4.98. The standard InChI is InChI=1S/C22H21F2N5O2/c23-16-5-3-15(4-6-16)22(31)26-18-12-25-29(13-18)14-21(30)27-19-11-17(24)7-8-20(19)28-9-1-2-10-28/h3-8,11-13H,1-2,9-10,14H2,(H,26,31)(H,27,30). The molecule has 1 aliphatic rings. The number of benzene rings is 2. The van der Waals surface area contributed by atoms with E-state index < -0.39 is 17.5 Å². The number of nitrogens with one attached hydrogen (secondary N) is 2. The van der Waals surface area contributed by atoms with Gasteiger partial charge in [-0.1, -0.05) is 0 Å². The van der Waals surface area contributed by atoms with Crippen LogP contribution in [0.1, 0.15) is 23.2 Å². The SMILES string of the molecule is O=C(Cn1cc(NC(=O)c2ccc(F)cc2)cn1)Nc1cc(F)ccc1N1CCCC1. The molecule has 0 spiro atoms. The highest BCUT2D eigenvalue weighted by molar-refractivity contribution is 6.04. The fourth-order valence-electron chi connectivity index (χ4n) is 3.50. The second-order valence-corrected chi connectivity index (χ2v) is 7.29. The number of nitrogens with zero attached hydrogens (tertiary/aromatic N) is 3. The molecular weight excluding hydrogens is 404 g/mol. The zero-order valence-electron chi connectivity index (χ0n) is 16.6. The summed E-state index contributed by atoms with van der Waals surface area (Å²) in [4.78, 5) is 26.8. The minimum absolute atomic E-state index is 0.109. The van der Waals surface area contributed by atoms with Crippen molar-refractivity contribution in [1.82, 2.24) is 9.78 Å². The van der Waals surface area contributed by atoms with E-state index in [1.807, 2.05) is 0 Å². The van der Waals surface area contributed by atoms with E-state index in [0.717, 1.165) is 31.6 Å². The Hall–Kier alpha value is -3.75. The molecule has 0 bridgehead atoms. The number of hydrogen-bond donors (Lipinski definition) is 2. The molecule has 4 rings (SSSR count). The maximum atomic E-state index is 13.7. The molecule has 0 unspecified atom stereocenters. The number of rotatable bonds is 6. The first kappa shape index (κ1) is 20.5. The molecule has 1 saturated heterocycles. The fraction of sp³-hybridized carbons (Fsp3) is 0.227. The Morgan fingerprint density at radius 3 is 2.42 bits per heavy atom.